The van der Waals surface area contributed by atoms with Crippen LogP contribution in [0.5, 0.6) is 0 Å². The molecule has 24 heavy (non-hydrogen) atoms. The number of carbonyl (C=O) groups is 1. The molecule has 0 bridgehead atoms. The van der Waals surface area contributed by atoms with Crippen LogP contribution in [0.15, 0.2) is 44.8 Å². The third-order valence-corrected chi connectivity index (χ3v) is 4.62. The summed E-state index contributed by atoms with van der Waals surface area (Å²) in [5.41, 5.74) is 0.477. The second-order valence-corrected chi connectivity index (χ2v) is 6.66. The summed E-state index contributed by atoms with van der Waals surface area (Å²) in [5.74, 6) is 0.741. The van der Waals surface area contributed by atoms with Crippen molar-refractivity contribution < 1.29 is 9.32 Å². The Kier molecular flexibility index (Phi) is 4.39. The molecule has 2 heterocycles. The molecule has 7 nitrogen and oxygen atoms in total. The van der Waals surface area contributed by atoms with Gasteiger partial charge in [0.25, 0.3) is 5.56 Å². The number of para-hydroxylation sites is 1. The summed E-state index contributed by atoms with van der Waals surface area (Å²) in [6.45, 7) is 3.49. The third-order valence-electron chi connectivity index (χ3n) is 3.47. The van der Waals surface area contributed by atoms with Gasteiger partial charge in [0.15, 0.2) is 11.0 Å². The highest BCUT2D eigenvalue weighted by Crippen LogP contribution is 2.22. The maximum absolute atomic E-state index is 12.4. The molecular formula is C16H16N4O3S. The van der Waals surface area contributed by atoms with Gasteiger partial charge in [0.05, 0.1) is 16.2 Å². The van der Waals surface area contributed by atoms with Gasteiger partial charge in [-0.2, -0.15) is 0 Å². The Morgan fingerprint density at radius 2 is 2.12 bits per heavy atom. The number of hydrogen-bond acceptors (Lipinski definition) is 6. The summed E-state index contributed by atoms with van der Waals surface area (Å²) in [7, 11) is 1.65. The van der Waals surface area contributed by atoms with Crippen LogP contribution in [0.25, 0.3) is 10.9 Å². The van der Waals surface area contributed by atoms with E-state index in [0.717, 1.165) is 0 Å². The number of fused-ring (bicyclic) bond motifs is 1. The molecule has 1 atom stereocenters. The highest BCUT2D eigenvalue weighted by atomic mass is 32.2. The Bertz CT molecular complexity index is 963. The number of carbonyl (C=O) groups excluding carboxylic acids is 1. The van der Waals surface area contributed by atoms with Crippen molar-refractivity contribution in [3.63, 3.8) is 0 Å². The van der Waals surface area contributed by atoms with Crippen molar-refractivity contribution >= 4 is 34.4 Å². The van der Waals surface area contributed by atoms with Gasteiger partial charge < -0.3 is 9.84 Å². The summed E-state index contributed by atoms with van der Waals surface area (Å²) in [5, 5.41) is 6.99. The summed E-state index contributed by atoms with van der Waals surface area (Å²) in [6.07, 6.45) is 0. The van der Waals surface area contributed by atoms with Crippen molar-refractivity contribution in [3.8, 4) is 0 Å². The number of benzene rings is 1. The van der Waals surface area contributed by atoms with Crippen molar-refractivity contribution in [1.82, 2.24) is 14.7 Å². The Hall–Kier alpha value is -2.61. The van der Waals surface area contributed by atoms with Crippen LogP contribution in [0.4, 0.5) is 5.82 Å². The largest absolute Gasteiger partial charge is 0.360 e. The van der Waals surface area contributed by atoms with Gasteiger partial charge in [-0.1, -0.05) is 29.1 Å². The fourth-order valence-electron chi connectivity index (χ4n) is 2.17. The third kappa shape index (κ3) is 3.18. The standard InChI is InChI=1S/C16H16N4O3S/c1-9-8-13(19-23-9)18-14(21)10(2)24-16-17-12-7-5-4-6-11(12)15(22)20(16)3/h4-8,10H,1-3H3,(H,18,19,21). The highest BCUT2D eigenvalue weighted by Gasteiger charge is 2.19. The molecule has 0 aliphatic carbocycles. The Labute approximate surface area is 142 Å². The molecular weight excluding hydrogens is 328 g/mol. The van der Waals surface area contributed by atoms with Crippen LogP contribution >= 0.6 is 11.8 Å². The summed E-state index contributed by atoms with van der Waals surface area (Å²) in [6, 6.07) is 8.78. The fraction of sp³-hybridized carbons (Fsp3) is 0.250. The molecule has 1 N–H and O–H groups in total. The molecule has 1 unspecified atom stereocenters. The molecule has 0 aliphatic heterocycles. The zero-order valence-electron chi connectivity index (χ0n) is 13.4. The smallest absolute Gasteiger partial charge is 0.261 e. The van der Waals surface area contributed by atoms with E-state index in [1.54, 1.807) is 45.2 Å². The van der Waals surface area contributed by atoms with Crippen LogP contribution in [0.1, 0.15) is 12.7 Å². The van der Waals surface area contributed by atoms with Crippen molar-refractivity contribution in [1.29, 1.82) is 0 Å². The SMILES string of the molecule is Cc1cc(NC(=O)C(C)Sc2nc3ccccc3c(=O)n2C)no1. The van der Waals surface area contributed by atoms with Gasteiger partial charge in [-0.25, -0.2) is 4.98 Å². The fourth-order valence-corrected chi connectivity index (χ4v) is 3.04. The van der Waals surface area contributed by atoms with Crippen LogP contribution in [-0.4, -0.2) is 25.9 Å². The lowest BCUT2D eigenvalue weighted by molar-refractivity contribution is -0.115. The Morgan fingerprint density at radius 3 is 2.83 bits per heavy atom. The van der Waals surface area contributed by atoms with E-state index < -0.39 is 5.25 Å². The minimum absolute atomic E-state index is 0.136. The number of nitrogens with one attached hydrogen (secondary N) is 1. The average molecular weight is 344 g/mol. The van der Waals surface area contributed by atoms with Crippen LogP contribution in [0.3, 0.4) is 0 Å². The van der Waals surface area contributed by atoms with Crippen LogP contribution in [-0.2, 0) is 11.8 Å². The predicted octanol–water partition coefficient (Wildman–Crippen LogP) is 2.35. The van der Waals surface area contributed by atoms with Crippen LogP contribution < -0.4 is 10.9 Å². The van der Waals surface area contributed by atoms with Crippen molar-refractivity contribution in [2.24, 2.45) is 7.05 Å². The minimum Gasteiger partial charge on any atom is -0.360 e. The van der Waals surface area contributed by atoms with E-state index in [2.05, 4.69) is 15.5 Å². The van der Waals surface area contributed by atoms with E-state index in [1.165, 1.54) is 16.3 Å². The summed E-state index contributed by atoms with van der Waals surface area (Å²) >= 11 is 1.21. The Balaban J connectivity index is 1.82. The number of thioether (sulfide) groups is 1. The van der Waals surface area contributed by atoms with E-state index in [-0.39, 0.29) is 11.5 Å². The van der Waals surface area contributed by atoms with Gasteiger partial charge in [0.1, 0.15) is 5.76 Å². The van der Waals surface area contributed by atoms with Gasteiger partial charge in [-0.15, -0.1) is 0 Å². The maximum atomic E-state index is 12.4. The molecule has 0 radical (unpaired) electrons. The number of anilines is 1. The van der Waals surface area contributed by atoms with Gasteiger partial charge in [0.2, 0.25) is 5.91 Å². The van der Waals surface area contributed by atoms with Crippen molar-refractivity contribution in [2.45, 2.75) is 24.3 Å². The van der Waals surface area contributed by atoms with Gasteiger partial charge >= 0.3 is 0 Å². The molecule has 0 spiro atoms. The predicted molar refractivity (Wildman–Crippen MR) is 92.2 cm³/mol. The van der Waals surface area contributed by atoms with E-state index in [4.69, 9.17) is 4.52 Å². The molecule has 2 aromatic heterocycles. The number of rotatable bonds is 4. The molecule has 1 aromatic carbocycles. The molecule has 0 saturated heterocycles. The van der Waals surface area contributed by atoms with E-state index >= 15 is 0 Å². The van der Waals surface area contributed by atoms with Crippen LogP contribution in [0.2, 0.25) is 0 Å². The molecule has 8 heteroatoms. The highest BCUT2D eigenvalue weighted by molar-refractivity contribution is 8.00. The lowest BCUT2D eigenvalue weighted by atomic mass is 10.2. The molecule has 0 aliphatic rings. The topological polar surface area (TPSA) is 90.0 Å². The molecule has 3 rings (SSSR count). The molecule has 1 amide bonds. The zero-order chi connectivity index (χ0) is 17.3. The lowest BCUT2D eigenvalue weighted by Gasteiger charge is -2.13. The van der Waals surface area contributed by atoms with Crippen molar-refractivity contribution in [3.05, 3.63) is 46.4 Å². The quantitative estimate of drug-likeness (QED) is 0.577. The van der Waals surface area contributed by atoms with Gasteiger partial charge in [-0.3, -0.25) is 14.2 Å². The van der Waals surface area contributed by atoms with E-state index in [1.807, 2.05) is 6.07 Å². The zero-order valence-corrected chi connectivity index (χ0v) is 14.3. The number of amides is 1. The Morgan fingerprint density at radius 1 is 1.38 bits per heavy atom. The van der Waals surface area contributed by atoms with Crippen molar-refractivity contribution in [2.75, 3.05) is 5.32 Å². The maximum Gasteiger partial charge on any atom is 0.261 e. The first kappa shape index (κ1) is 16.3. The monoisotopic (exact) mass is 344 g/mol. The molecule has 0 fully saturated rings. The number of aromatic nitrogens is 3. The first-order valence-electron chi connectivity index (χ1n) is 7.32. The first-order chi connectivity index (χ1) is 11.5. The number of nitrogens with zero attached hydrogens (tertiary/aromatic N) is 3. The summed E-state index contributed by atoms with van der Waals surface area (Å²) in [4.78, 5) is 29.1. The second-order valence-electron chi connectivity index (χ2n) is 5.35. The molecule has 124 valence electrons. The number of hydrogen-bond donors (Lipinski definition) is 1. The van der Waals surface area contributed by atoms with Crippen LogP contribution in [0, 0.1) is 6.92 Å². The lowest BCUT2D eigenvalue weighted by Crippen LogP contribution is -2.25. The average Bonchev–Trinajstić information content (AvgIpc) is 2.97. The second kappa shape index (κ2) is 6.48. The summed E-state index contributed by atoms with van der Waals surface area (Å²) < 4.78 is 6.37. The minimum atomic E-state index is -0.457. The molecule has 3 aromatic rings. The van der Waals surface area contributed by atoms with E-state index in [9.17, 15) is 9.59 Å². The number of aryl methyl sites for hydroxylation is 1. The van der Waals surface area contributed by atoms with Gasteiger partial charge in [-0.05, 0) is 26.0 Å². The normalized spacial score (nSPS) is 12.3. The first-order valence-corrected chi connectivity index (χ1v) is 8.20. The van der Waals surface area contributed by atoms with Gasteiger partial charge in [0, 0.05) is 13.1 Å². The van der Waals surface area contributed by atoms with E-state index in [0.29, 0.717) is 27.6 Å². The molecule has 0 saturated carbocycles.